The summed E-state index contributed by atoms with van der Waals surface area (Å²) in [4.78, 5) is 2.28. The van der Waals surface area contributed by atoms with E-state index in [1.165, 1.54) is 0 Å². The van der Waals surface area contributed by atoms with Gasteiger partial charge in [0, 0.05) is 13.2 Å². The van der Waals surface area contributed by atoms with Gasteiger partial charge in [-0.05, 0) is 46.7 Å². The van der Waals surface area contributed by atoms with Crippen LogP contribution in [0, 0.1) is 0 Å². The van der Waals surface area contributed by atoms with Gasteiger partial charge in [0.05, 0.1) is 12.7 Å². The Kier molecular flexibility index (Phi) is 9.35. The predicted molar refractivity (Wildman–Crippen MR) is 59.5 cm³/mol. The first kappa shape index (κ1) is 13.9. The van der Waals surface area contributed by atoms with Crippen LogP contribution in [0.4, 0.5) is 0 Å². The molecule has 0 saturated heterocycles. The second kappa shape index (κ2) is 9.44. The number of hydrogen-bond donors (Lipinski definition) is 1. The number of aliphatic hydroxyl groups is 1. The molecule has 0 amide bonds. The van der Waals surface area contributed by atoms with Crippen LogP contribution >= 0.6 is 0 Å². The van der Waals surface area contributed by atoms with Crippen molar-refractivity contribution in [3.8, 4) is 0 Å². The van der Waals surface area contributed by atoms with Crippen molar-refractivity contribution in [2.24, 2.45) is 0 Å². The minimum Gasteiger partial charge on any atom is -0.393 e. The first-order chi connectivity index (χ1) is 6.66. The number of likely N-dealkylation sites (N-methyl/N-ethyl adjacent to an activating group) is 1. The molecule has 1 N–H and O–H groups in total. The summed E-state index contributed by atoms with van der Waals surface area (Å²) < 4.78 is 5.27. The number of hydrogen-bond acceptors (Lipinski definition) is 3. The van der Waals surface area contributed by atoms with Crippen LogP contribution in [0.15, 0.2) is 0 Å². The summed E-state index contributed by atoms with van der Waals surface area (Å²) in [6, 6.07) is 0. The average molecular weight is 203 g/mol. The number of ether oxygens (including phenoxy) is 1. The quantitative estimate of drug-likeness (QED) is 0.577. The zero-order chi connectivity index (χ0) is 10.8. The molecule has 1 atom stereocenters. The number of nitrogens with zero attached hydrogens (tertiary/aromatic N) is 1. The first-order valence-corrected chi connectivity index (χ1v) is 5.61. The van der Waals surface area contributed by atoms with Gasteiger partial charge < -0.3 is 14.7 Å². The highest BCUT2D eigenvalue weighted by Crippen LogP contribution is 2.00. The summed E-state index contributed by atoms with van der Waals surface area (Å²) in [7, 11) is 2.11. The predicted octanol–water partition coefficient (Wildman–Crippen LogP) is 1.51. The Morgan fingerprint density at radius 1 is 1.29 bits per heavy atom. The van der Waals surface area contributed by atoms with Gasteiger partial charge in [0.2, 0.25) is 0 Å². The molecule has 0 aliphatic rings. The van der Waals surface area contributed by atoms with Gasteiger partial charge in [0.15, 0.2) is 0 Å². The van der Waals surface area contributed by atoms with E-state index in [2.05, 4.69) is 11.9 Å². The van der Waals surface area contributed by atoms with E-state index in [0.29, 0.717) is 0 Å². The molecule has 0 aromatic rings. The van der Waals surface area contributed by atoms with Crippen LogP contribution in [0.5, 0.6) is 0 Å². The lowest BCUT2D eigenvalue weighted by molar-refractivity contribution is 0.120. The smallest absolute Gasteiger partial charge is 0.0593 e. The Morgan fingerprint density at radius 3 is 2.57 bits per heavy atom. The topological polar surface area (TPSA) is 32.7 Å². The highest BCUT2D eigenvalue weighted by atomic mass is 16.5. The van der Waals surface area contributed by atoms with Gasteiger partial charge in [-0.2, -0.15) is 0 Å². The Morgan fingerprint density at radius 2 is 2.00 bits per heavy atom. The SMILES string of the molecule is CCOCCN(C)CCCCC(C)O. The van der Waals surface area contributed by atoms with E-state index in [9.17, 15) is 0 Å². The fourth-order valence-electron chi connectivity index (χ4n) is 1.30. The molecule has 0 radical (unpaired) electrons. The Bertz CT molecular complexity index is 118. The molecule has 0 spiro atoms. The molecule has 0 rings (SSSR count). The van der Waals surface area contributed by atoms with Crippen molar-refractivity contribution in [3.63, 3.8) is 0 Å². The molecule has 0 aromatic carbocycles. The minimum atomic E-state index is -0.149. The third kappa shape index (κ3) is 9.96. The summed E-state index contributed by atoms with van der Waals surface area (Å²) >= 11 is 0. The van der Waals surface area contributed by atoms with E-state index in [1.807, 2.05) is 13.8 Å². The summed E-state index contributed by atoms with van der Waals surface area (Å²) in [5.74, 6) is 0. The van der Waals surface area contributed by atoms with E-state index in [-0.39, 0.29) is 6.10 Å². The molecule has 3 nitrogen and oxygen atoms in total. The third-order valence-electron chi connectivity index (χ3n) is 2.23. The van der Waals surface area contributed by atoms with Crippen molar-refractivity contribution in [1.82, 2.24) is 4.90 Å². The van der Waals surface area contributed by atoms with Gasteiger partial charge in [-0.1, -0.05) is 0 Å². The van der Waals surface area contributed by atoms with E-state index >= 15 is 0 Å². The highest BCUT2D eigenvalue weighted by Gasteiger charge is 1.99. The van der Waals surface area contributed by atoms with E-state index in [0.717, 1.165) is 45.6 Å². The summed E-state index contributed by atoms with van der Waals surface area (Å²) in [6.07, 6.45) is 3.03. The van der Waals surface area contributed by atoms with Gasteiger partial charge in [-0.3, -0.25) is 0 Å². The molecule has 0 aliphatic carbocycles. The fraction of sp³-hybridized carbons (Fsp3) is 1.00. The van der Waals surface area contributed by atoms with Crippen molar-refractivity contribution in [3.05, 3.63) is 0 Å². The van der Waals surface area contributed by atoms with Crippen LogP contribution in [0.1, 0.15) is 33.1 Å². The van der Waals surface area contributed by atoms with Gasteiger partial charge in [-0.15, -0.1) is 0 Å². The van der Waals surface area contributed by atoms with Gasteiger partial charge in [0.25, 0.3) is 0 Å². The third-order valence-corrected chi connectivity index (χ3v) is 2.23. The molecule has 0 aliphatic heterocycles. The maximum atomic E-state index is 9.06. The molecule has 1 unspecified atom stereocenters. The maximum Gasteiger partial charge on any atom is 0.0593 e. The second-order valence-electron chi connectivity index (χ2n) is 3.85. The van der Waals surface area contributed by atoms with Gasteiger partial charge >= 0.3 is 0 Å². The van der Waals surface area contributed by atoms with E-state index < -0.39 is 0 Å². The van der Waals surface area contributed by atoms with Crippen molar-refractivity contribution in [2.45, 2.75) is 39.2 Å². The second-order valence-corrected chi connectivity index (χ2v) is 3.85. The van der Waals surface area contributed by atoms with Crippen molar-refractivity contribution in [1.29, 1.82) is 0 Å². The lowest BCUT2D eigenvalue weighted by Crippen LogP contribution is -2.24. The molecular formula is C11H25NO2. The molecule has 0 aromatic heterocycles. The molecule has 0 saturated carbocycles. The molecule has 14 heavy (non-hydrogen) atoms. The lowest BCUT2D eigenvalue weighted by atomic mass is 10.2. The average Bonchev–Trinajstić information content (AvgIpc) is 2.13. The standard InChI is InChI=1S/C11H25NO2/c1-4-14-10-9-12(3)8-6-5-7-11(2)13/h11,13H,4-10H2,1-3H3. The molecule has 0 bridgehead atoms. The van der Waals surface area contributed by atoms with Crippen LogP contribution in [-0.2, 0) is 4.74 Å². The van der Waals surface area contributed by atoms with Crippen LogP contribution < -0.4 is 0 Å². The molecule has 0 fully saturated rings. The van der Waals surface area contributed by atoms with Crippen LogP contribution in [0.3, 0.4) is 0 Å². The van der Waals surface area contributed by atoms with Gasteiger partial charge in [0.1, 0.15) is 0 Å². The molecular weight excluding hydrogens is 178 g/mol. The molecule has 0 heterocycles. The van der Waals surface area contributed by atoms with Crippen molar-refractivity contribution < 1.29 is 9.84 Å². The lowest BCUT2D eigenvalue weighted by Gasteiger charge is -2.16. The van der Waals surface area contributed by atoms with Crippen molar-refractivity contribution in [2.75, 3.05) is 33.4 Å². The monoisotopic (exact) mass is 203 g/mol. The zero-order valence-corrected chi connectivity index (χ0v) is 9.83. The number of rotatable bonds is 9. The maximum absolute atomic E-state index is 9.06. The van der Waals surface area contributed by atoms with Crippen LogP contribution in [0.2, 0.25) is 0 Å². The van der Waals surface area contributed by atoms with Crippen LogP contribution in [0.25, 0.3) is 0 Å². The first-order valence-electron chi connectivity index (χ1n) is 5.61. The van der Waals surface area contributed by atoms with E-state index in [1.54, 1.807) is 0 Å². The highest BCUT2D eigenvalue weighted by molar-refractivity contribution is 4.53. The zero-order valence-electron chi connectivity index (χ0n) is 9.83. The molecule has 86 valence electrons. The number of aliphatic hydroxyl groups excluding tert-OH is 1. The normalized spacial score (nSPS) is 13.5. The largest absolute Gasteiger partial charge is 0.393 e. The van der Waals surface area contributed by atoms with Crippen molar-refractivity contribution >= 4 is 0 Å². The summed E-state index contributed by atoms with van der Waals surface area (Å²) in [6.45, 7) is 7.59. The number of unbranched alkanes of at least 4 members (excludes halogenated alkanes) is 1. The minimum absolute atomic E-state index is 0.149. The Labute approximate surface area is 88.1 Å². The summed E-state index contributed by atoms with van der Waals surface area (Å²) in [5, 5.41) is 9.06. The Hall–Kier alpha value is -0.120. The van der Waals surface area contributed by atoms with E-state index in [4.69, 9.17) is 9.84 Å². The summed E-state index contributed by atoms with van der Waals surface area (Å²) in [5.41, 5.74) is 0. The van der Waals surface area contributed by atoms with Gasteiger partial charge in [-0.25, -0.2) is 0 Å². The van der Waals surface area contributed by atoms with Crippen LogP contribution in [-0.4, -0.2) is 49.5 Å². The fourth-order valence-corrected chi connectivity index (χ4v) is 1.30. The molecule has 3 heteroatoms. The Balaban J connectivity index is 3.14.